The van der Waals surface area contributed by atoms with Crippen LogP contribution in [0.3, 0.4) is 0 Å². The highest BCUT2D eigenvalue weighted by atomic mass is 35.5. The molecule has 0 aliphatic carbocycles. The van der Waals surface area contributed by atoms with Crippen LogP contribution in [0.25, 0.3) is 0 Å². The fourth-order valence-electron chi connectivity index (χ4n) is 4.07. The third kappa shape index (κ3) is 7.83. The van der Waals surface area contributed by atoms with E-state index in [1.807, 2.05) is 65.0 Å². The van der Waals surface area contributed by atoms with Crippen LogP contribution in [0.1, 0.15) is 44.4 Å². The zero-order valence-corrected chi connectivity index (χ0v) is 24.8. The SMILES string of the molecule is Cc1cccc(N(CC(=O)N(Cc2ccccc2C)[C@@H](C)C(=O)NC(C)(C)C)S(=O)(=O)c2ccc(Cl)cc2)c1. The van der Waals surface area contributed by atoms with Gasteiger partial charge in [0.25, 0.3) is 10.0 Å². The summed E-state index contributed by atoms with van der Waals surface area (Å²) in [6.45, 7) is 10.7. The number of halogens is 1. The molecule has 0 aromatic heterocycles. The summed E-state index contributed by atoms with van der Waals surface area (Å²) in [7, 11) is -4.15. The molecule has 39 heavy (non-hydrogen) atoms. The Bertz CT molecular complexity index is 1430. The van der Waals surface area contributed by atoms with Gasteiger partial charge in [-0.1, -0.05) is 48.0 Å². The average Bonchev–Trinajstić information content (AvgIpc) is 2.85. The fraction of sp³-hybridized carbons (Fsp3) is 0.333. The summed E-state index contributed by atoms with van der Waals surface area (Å²) in [5, 5.41) is 3.33. The molecule has 9 heteroatoms. The third-order valence-corrected chi connectivity index (χ3v) is 8.28. The van der Waals surface area contributed by atoms with Crippen LogP contribution < -0.4 is 9.62 Å². The lowest BCUT2D eigenvalue weighted by molar-refractivity contribution is -0.140. The highest BCUT2D eigenvalue weighted by molar-refractivity contribution is 7.92. The Balaban J connectivity index is 2.05. The molecule has 0 bridgehead atoms. The molecule has 1 atom stereocenters. The maximum Gasteiger partial charge on any atom is 0.264 e. The van der Waals surface area contributed by atoms with Gasteiger partial charge in [-0.25, -0.2) is 8.42 Å². The van der Waals surface area contributed by atoms with Gasteiger partial charge < -0.3 is 10.2 Å². The molecule has 0 saturated heterocycles. The third-order valence-electron chi connectivity index (χ3n) is 6.24. The van der Waals surface area contributed by atoms with E-state index in [-0.39, 0.29) is 17.3 Å². The van der Waals surface area contributed by atoms with E-state index >= 15 is 0 Å². The lowest BCUT2D eigenvalue weighted by Crippen LogP contribution is -2.54. The lowest BCUT2D eigenvalue weighted by atomic mass is 10.1. The molecule has 2 amide bonds. The van der Waals surface area contributed by atoms with Crippen molar-refractivity contribution in [2.45, 2.75) is 64.6 Å². The van der Waals surface area contributed by atoms with Crippen LogP contribution in [0.4, 0.5) is 5.69 Å². The number of carbonyl (C=O) groups is 2. The van der Waals surface area contributed by atoms with E-state index < -0.39 is 34.1 Å². The predicted octanol–water partition coefficient (Wildman–Crippen LogP) is 5.48. The molecular weight excluding hydrogens is 534 g/mol. The van der Waals surface area contributed by atoms with E-state index in [0.29, 0.717) is 10.7 Å². The van der Waals surface area contributed by atoms with Gasteiger partial charge in [-0.2, -0.15) is 0 Å². The van der Waals surface area contributed by atoms with E-state index in [1.165, 1.54) is 29.2 Å². The number of aryl methyl sites for hydroxylation is 2. The maximum atomic E-state index is 14.0. The van der Waals surface area contributed by atoms with E-state index in [2.05, 4.69) is 5.32 Å². The van der Waals surface area contributed by atoms with Crippen molar-refractivity contribution in [3.05, 3.63) is 94.5 Å². The minimum atomic E-state index is -4.15. The largest absolute Gasteiger partial charge is 0.350 e. The van der Waals surface area contributed by atoms with E-state index in [9.17, 15) is 18.0 Å². The zero-order valence-electron chi connectivity index (χ0n) is 23.2. The van der Waals surface area contributed by atoms with Crippen LogP contribution in [0.2, 0.25) is 5.02 Å². The normalized spacial score (nSPS) is 12.5. The first-order valence-electron chi connectivity index (χ1n) is 12.7. The molecule has 0 radical (unpaired) electrons. The molecule has 0 fully saturated rings. The predicted molar refractivity (Wildman–Crippen MR) is 156 cm³/mol. The van der Waals surface area contributed by atoms with Gasteiger partial charge in [0.2, 0.25) is 11.8 Å². The minimum absolute atomic E-state index is 0.00480. The second-order valence-electron chi connectivity index (χ2n) is 10.7. The number of amides is 2. The quantitative estimate of drug-likeness (QED) is 0.369. The van der Waals surface area contributed by atoms with Crippen molar-refractivity contribution in [2.24, 2.45) is 0 Å². The number of sulfonamides is 1. The molecule has 0 aliphatic rings. The average molecular weight is 570 g/mol. The second kappa shape index (κ2) is 12.2. The fourth-order valence-corrected chi connectivity index (χ4v) is 5.61. The first-order valence-corrected chi connectivity index (χ1v) is 14.5. The van der Waals surface area contributed by atoms with Gasteiger partial charge in [0, 0.05) is 17.1 Å². The van der Waals surface area contributed by atoms with Gasteiger partial charge in [0.05, 0.1) is 10.6 Å². The van der Waals surface area contributed by atoms with E-state index in [4.69, 9.17) is 11.6 Å². The summed E-state index contributed by atoms with van der Waals surface area (Å²) in [4.78, 5) is 28.6. The van der Waals surface area contributed by atoms with Crippen molar-refractivity contribution in [3.8, 4) is 0 Å². The monoisotopic (exact) mass is 569 g/mol. The van der Waals surface area contributed by atoms with Crippen LogP contribution in [-0.4, -0.2) is 43.3 Å². The van der Waals surface area contributed by atoms with Crippen LogP contribution in [0, 0.1) is 13.8 Å². The Kier molecular flexibility index (Phi) is 9.46. The van der Waals surface area contributed by atoms with Crippen molar-refractivity contribution in [3.63, 3.8) is 0 Å². The Morgan fingerprint density at radius 2 is 1.59 bits per heavy atom. The molecule has 0 saturated carbocycles. The molecule has 0 aliphatic heterocycles. The molecule has 0 unspecified atom stereocenters. The first-order chi connectivity index (χ1) is 18.2. The van der Waals surface area contributed by atoms with Gasteiger partial charge >= 0.3 is 0 Å². The molecular formula is C30H36ClN3O4S. The molecule has 3 rings (SSSR count). The summed E-state index contributed by atoms with van der Waals surface area (Å²) in [6, 6.07) is 19.5. The smallest absolute Gasteiger partial charge is 0.264 e. The Hall–Kier alpha value is -3.36. The molecule has 0 spiro atoms. The second-order valence-corrected chi connectivity index (χ2v) is 13.0. The Morgan fingerprint density at radius 1 is 0.949 bits per heavy atom. The molecule has 208 valence electrons. The van der Waals surface area contributed by atoms with E-state index in [0.717, 1.165) is 21.0 Å². The molecule has 3 aromatic carbocycles. The van der Waals surface area contributed by atoms with Gasteiger partial charge in [-0.05, 0) is 94.6 Å². The van der Waals surface area contributed by atoms with Crippen molar-refractivity contribution in [1.29, 1.82) is 0 Å². The van der Waals surface area contributed by atoms with Crippen LogP contribution in [0.15, 0.2) is 77.7 Å². The summed E-state index contributed by atoms with van der Waals surface area (Å²) in [5.41, 5.74) is 2.51. The number of nitrogens with zero attached hydrogens (tertiary/aromatic N) is 2. The number of carbonyl (C=O) groups excluding carboxylic acids is 2. The number of hydrogen-bond donors (Lipinski definition) is 1. The van der Waals surface area contributed by atoms with Crippen LogP contribution in [0.5, 0.6) is 0 Å². The molecule has 7 nitrogen and oxygen atoms in total. The standard InChI is InChI=1S/C30H36ClN3O4S/c1-21-10-9-13-26(18-21)34(39(37,38)27-16-14-25(31)15-17-27)20-28(35)33(19-24-12-8-7-11-22(24)2)23(3)29(36)32-30(4,5)6/h7-18,23H,19-20H2,1-6H3,(H,32,36)/t23-/m0/s1. The zero-order chi connectivity index (χ0) is 29.0. The van der Waals surface area contributed by atoms with E-state index in [1.54, 1.807) is 25.1 Å². The highest BCUT2D eigenvalue weighted by Gasteiger charge is 2.33. The van der Waals surface area contributed by atoms with Crippen LogP contribution in [-0.2, 0) is 26.2 Å². The van der Waals surface area contributed by atoms with Crippen molar-refractivity contribution < 1.29 is 18.0 Å². The van der Waals surface area contributed by atoms with Gasteiger partial charge in [0.1, 0.15) is 12.6 Å². The van der Waals surface area contributed by atoms with Crippen molar-refractivity contribution in [1.82, 2.24) is 10.2 Å². The topological polar surface area (TPSA) is 86.8 Å². The summed E-state index contributed by atoms with van der Waals surface area (Å²) in [5.74, 6) is -0.832. The molecule has 0 heterocycles. The van der Waals surface area contributed by atoms with Gasteiger partial charge in [0.15, 0.2) is 0 Å². The number of nitrogens with one attached hydrogen (secondary N) is 1. The van der Waals surface area contributed by atoms with Crippen LogP contribution >= 0.6 is 11.6 Å². The molecule has 1 N–H and O–H groups in total. The summed E-state index contributed by atoms with van der Waals surface area (Å²) in [6.07, 6.45) is 0. The van der Waals surface area contributed by atoms with Gasteiger partial charge in [-0.3, -0.25) is 13.9 Å². The Morgan fingerprint density at radius 3 is 2.18 bits per heavy atom. The highest BCUT2D eigenvalue weighted by Crippen LogP contribution is 2.26. The number of rotatable bonds is 9. The minimum Gasteiger partial charge on any atom is -0.350 e. The number of benzene rings is 3. The summed E-state index contributed by atoms with van der Waals surface area (Å²) >= 11 is 6.00. The number of hydrogen-bond acceptors (Lipinski definition) is 4. The number of anilines is 1. The van der Waals surface area contributed by atoms with Crippen molar-refractivity contribution >= 4 is 39.1 Å². The van der Waals surface area contributed by atoms with Crippen molar-refractivity contribution in [2.75, 3.05) is 10.8 Å². The first kappa shape index (κ1) is 30.2. The molecule has 3 aromatic rings. The Labute approximate surface area is 236 Å². The summed E-state index contributed by atoms with van der Waals surface area (Å²) < 4.78 is 28.8. The lowest BCUT2D eigenvalue weighted by Gasteiger charge is -2.33. The van der Waals surface area contributed by atoms with Gasteiger partial charge in [-0.15, -0.1) is 0 Å². The maximum absolute atomic E-state index is 14.0.